The Hall–Kier alpha value is -3.52. The van der Waals surface area contributed by atoms with Crippen LogP contribution in [0.4, 0.5) is 11.6 Å². The van der Waals surface area contributed by atoms with Gasteiger partial charge in [0.1, 0.15) is 5.39 Å². The van der Waals surface area contributed by atoms with Gasteiger partial charge in [0.25, 0.3) is 5.56 Å². The molecule has 0 bridgehead atoms. The molecule has 1 saturated carbocycles. The van der Waals surface area contributed by atoms with Gasteiger partial charge in [-0.2, -0.15) is 4.98 Å². The van der Waals surface area contributed by atoms with Gasteiger partial charge >= 0.3 is 0 Å². The van der Waals surface area contributed by atoms with Gasteiger partial charge in [-0.15, -0.1) is 0 Å². The summed E-state index contributed by atoms with van der Waals surface area (Å²) < 4.78 is 3.84. The van der Waals surface area contributed by atoms with Crippen LogP contribution < -0.4 is 16.2 Å². The van der Waals surface area contributed by atoms with Crippen molar-refractivity contribution in [3.63, 3.8) is 0 Å². The van der Waals surface area contributed by atoms with Crippen LogP contribution in [0.25, 0.3) is 16.7 Å². The second-order valence-electron chi connectivity index (χ2n) is 11.9. The summed E-state index contributed by atoms with van der Waals surface area (Å²) in [4.78, 5) is 27.6. The number of benzene rings is 1. The van der Waals surface area contributed by atoms with Gasteiger partial charge in [0.15, 0.2) is 5.65 Å². The van der Waals surface area contributed by atoms with Gasteiger partial charge < -0.3 is 10.6 Å². The number of anilines is 2. The average molecular weight is 498 g/mol. The number of nitrogens with one attached hydrogen (secondary N) is 2. The van der Waals surface area contributed by atoms with Crippen molar-refractivity contribution in [2.75, 3.05) is 11.9 Å². The maximum absolute atomic E-state index is 13.5. The minimum atomic E-state index is -0.166. The van der Waals surface area contributed by atoms with Crippen LogP contribution in [0.3, 0.4) is 0 Å². The molecule has 4 heterocycles. The Bertz CT molecular complexity index is 1550. The lowest BCUT2D eigenvalue weighted by molar-refractivity contribution is 0.219. The highest BCUT2D eigenvalue weighted by Gasteiger charge is 2.36. The van der Waals surface area contributed by atoms with Crippen molar-refractivity contribution in [2.24, 2.45) is 5.41 Å². The topological polar surface area (TPSA) is 89.7 Å². The molecule has 1 aromatic carbocycles. The van der Waals surface area contributed by atoms with E-state index in [4.69, 9.17) is 9.97 Å². The summed E-state index contributed by atoms with van der Waals surface area (Å²) in [7, 11) is 0. The Morgan fingerprint density at radius 2 is 1.84 bits per heavy atom. The van der Waals surface area contributed by atoms with E-state index in [1.54, 1.807) is 6.20 Å². The van der Waals surface area contributed by atoms with Crippen molar-refractivity contribution in [3.05, 3.63) is 69.9 Å². The normalized spacial score (nSPS) is 16.1. The number of pyridine rings is 1. The maximum atomic E-state index is 13.5. The van der Waals surface area contributed by atoms with Crippen LogP contribution in [0.2, 0.25) is 0 Å². The fourth-order valence-corrected chi connectivity index (χ4v) is 4.92. The number of hydrogen-bond acceptors (Lipinski definition) is 6. The van der Waals surface area contributed by atoms with Crippen LogP contribution in [-0.4, -0.2) is 30.9 Å². The van der Waals surface area contributed by atoms with Crippen LogP contribution in [0.15, 0.2) is 47.5 Å². The smallest absolute Gasteiger partial charge is 0.278 e. The molecule has 2 N–H and O–H groups in total. The third-order valence-corrected chi connectivity index (χ3v) is 8.37. The van der Waals surface area contributed by atoms with E-state index in [1.807, 2.05) is 21.6 Å². The molecule has 6 rings (SSSR count). The minimum Gasteiger partial charge on any atom is -0.324 e. The molecule has 0 amide bonds. The molecular formula is C29H35N7O. The maximum Gasteiger partial charge on any atom is 0.278 e. The predicted molar refractivity (Wildman–Crippen MR) is 147 cm³/mol. The van der Waals surface area contributed by atoms with Gasteiger partial charge in [0.2, 0.25) is 5.95 Å². The highest BCUT2D eigenvalue weighted by atomic mass is 16.1. The van der Waals surface area contributed by atoms with Crippen LogP contribution in [0.1, 0.15) is 70.3 Å². The molecule has 1 fully saturated rings. The van der Waals surface area contributed by atoms with Crippen molar-refractivity contribution in [2.45, 2.75) is 71.9 Å². The monoisotopic (exact) mass is 497 g/mol. The first kappa shape index (κ1) is 23.9. The molecule has 0 atom stereocenters. The van der Waals surface area contributed by atoms with E-state index in [2.05, 4.69) is 74.5 Å². The van der Waals surface area contributed by atoms with E-state index in [9.17, 15) is 4.79 Å². The van der Waals surface area contributed by atoms with Gasteiger partial charge in [-0.25, -0.2) is 14.3 Å². The first-order valence-electron chi connectivity index (χ1n) is 13.2. The fraction of sp³-hybridized carbons (Fsp3) is 0.448. The van der Waals surface area contributed by atoms with Crippen LogP contribution in [0, 0.1) is 5.41 Å². The number of rotatable bonds is 5. The Kier molecular flexibility index (Phi) is 5.49. The molecule has 0 unspecified atom stereocenters. The van der Waals surface area contributed by atoms with Crippen molar-refractivity contribution < 1.29 is 0 Å². The zero-order valence-corrected chi connectivity index (χ0v) is 22.3. The van der Waals surface area contributed by atoms with E-state index >= 15 is 0 Å². The van der Waals surface area contributed by atoms with Gasteiger partial charge in [-0.1, -0.05) is 40.7 Å². The molecule has 0 spiro atoms. The quantitative estimate of drug-likeness (QED) is 0.402. The van der Waals surface area contributed by atoms with E-state index in [0.29, 0.717) is 17.0 Å². The molecule has 37 heavy (non-hydrogen) atoms. The molecule has 192 valence electrons. The highest BCUT2D eigenvalue weighted by molar-refractivity contribution is 5.77. The lowest BCUT2D eigenvalue weighted by atomic mass is 9.67. The van der Waals surface area contributed by atoms with Crippen LogP contribution in [0.5, 0.6) is 0 Å². The number of nitrogens with zero attached hydrogens (tertiary/aromatic N) is 5. The first-order chi connectivity index (χ1) is 17.6. The number of fused-ring (bicyclic) bond motifs is 2. The Balaban J connectivity index is 1.46. The zero-order valence-electron chi connectivity index (χ0n) is 22.3. The predicted octanol–water partition coefficient (Wildman–Crippen LogP) is 5.03. The van der Waals surface area contributed by atoms with Crippen molar-refractivity contribution in [1.29, 1.82) is 0 Å². The third kappa shape index (κ3) is 4.13. The van der Waals surface area contributed by atoms with Gasteiger partial charge in [0, 0.05) is 35.7 Å². The standard InChI is InChI=1S/C29H35N7O/c1-28(2,3)29(4,5)24-15-22(11-13-31-24)35-25-23(26(37)36(35)21-8-9-21)17-32-27(34-25)33-20-7-6-19-16-30-12-10-18(19)14-20/h6-7,11,13-15,17,21,30H,8-10,12,16H2,1-5H3,(H,32,33,34). The Labute approximate surface area is 217 Å². The molecule has 0 radical (unpaired) electrons. The molecule has 1 aliphatic heterocycles. The summed E-state index contributed by atoms with van der Waals surface area (Å²) in [6.45, 7) is 13.0. The molecule has 3 aromatic heterocycles. The summed E-state index contributed by atoms with van der Waals surface area (Å²) in [5.74, 6) is 0.479. The van der Waals surface area contributed by atoms with Crippen molar-refractivity contribution in [3.8, 4) is 5.69 Å². The van der Waals surface area contributed by atoms with Crippen LogP contribution in [-0.2, 0) is 18.4 Å². The second kappa shape index (κ2) is 8.52. The van der Waals surface area contributed by atoms with Crippen molar-refractivity contribution >= 4 is 22.7 Å². The first-order valence-corrected chi connectivity index (χ1v) is 13.2. The summed E-state index contributed by atoms with van der Waals surface area (Å²) in [6.07, 6.45) is 6.48. The average Bonchev–Trinajstić information content (AvgIpc) is 3.67. The SMILES string of the molecule is CC(C)(C)C(C)(C)c1cc(-n2c3nc(Nc4ccc5c(c4)CCNC5)ncc3c(=O)n2C2CC2)ccn1. The minimum absolute atomic E-state index is 0.0116. The molecule has 1 aliphatic carbocycles. The summed E-state index contributed by atoms with van der Waals surface area (Å²) in [5.41, 5.74) is 5.92. The summed E-state index contributed by atoms with van der Waals surface area (Å²) in [6, 6.07) is 10.6. The highest BCUT2D eigenvalue weighted by Crippen LogP contribution is 2.41. The molecule has 8 nitrogen and oxygen atoms in total. The molecule has 4 aromatic rings. The molecule has 0 saturated heterocycles. The van der Waals surface area contributed by atoms with Gasteiger partial charge in [-0.05, 0) is 66.6 Å². The Morgan fingerprint density at radius 3 is 2.59 bits per heavy atom. The van der Waals surface area contributed by atoms with Gasteiger partial charge in [-0.3, -0.25) is 9.78 Å². The van der Waals surface area contributed by atoms with Crippen molar-refractivity contribution in [1.82, 2.24) is 29.6 Å². The molecular weight excluding hydrogens is 462 g/mol. The van der Waals surface area contributed by atoms with E-state index in [-0.39, 0.29) is 22.4 Å². The van der Waals surface area contributed by atoms with E-state index in [1.165, 1.54) is 11.1 Å². The van der Waals surface area contributed by atoms with E-state index in [0.717, 1.165) is 49.4 Å². The summed E-state index contributed by atoms with van der Waals surface area (Å²) in [5, 5.41) is 7.32. The fourth-order valence-electron chi connectivity index (χ4n) is 4.92. The van der Waals surface area contributed by atoms with Gasteiger partial charge in [0.05, 0.1) is 11.7 Å². The zero-order chi connectivity index (χ0) is 25.9. The second-order valence-corrected chi connectivity index (χ2v) is 11.9. The lowest BCUT2D eigenvalue weighted by Gasteiger charge is -2.38. The largest absolute Gasteiger partial charge is 0.324 e. The van der Waals surface area contributed by atoms with E-state index < -0.39 is 0 Å². The third-order valence-electron chi connectivity index (χ3n) is 8.37. The Morgan fingerprint density at radius 1 is 1.03 bits per heavy atom. The number of aromatic nitrogens is 5. The molecule has 8 heteroatoms. The summed E-state index contributed by atoms with van der Waals surface area (Å²) >= 11 is 0. The van der Waals surface area contributed by atoms with Crippen LogP contribution >= 0.6 is 0 Å². The molecule has 2 aliphatic rings. The number of hydrogen-bond donors (Lipinski definition) is 2. The lowest BCUT2D eigenvalue weighted by Crippen LogP contribution is -2.35.